The smallest absolute Gasteiger partial charge is 0.146 e. The van der Waals surface area contributed by atoms with E-state index in [2.05, 4.69) is 19.2 Å². The van der Waals surface area contributed by atoms with Gasteiger partial charge in [0.15, 0.2) is 0 Å². The highest BCUT2D eigenvalue weighted by Gasteiger charge is 2.40. The number of halogens is 1. The first-order valence-electron chi connectivity index (χ1n) is 7.34. The van der Waals surface area contributed by atoms with E-state index in [1.165, 1.54) is 12.5 Å². The highest BCUT2D eigenvalue weighted by atomic mass is 19.1. The summed E-state index contributed by atoms with van der Waals surface area (Å²) in [6.45, 7) is 4.97. The maximum absolute atomic E-state index is 14.0. The lowest BCUT2D eigenvalue weighted by Gasteiger charge is -2.46. The average molecular weight is 280 g/mol. The van der Waals surface area contributed by atoms with Crippen LogP contribution in [0.1, 0.15) is 33.1 Å². The van der Waals surface area contributed by atoms with Gasteiger partial charge in [0.25, 0.3) is 0 Å². The number of hydrogen-bond acceptors (Lipinski definition) is 3. The molecule has 3 nitrogen and oxygen atoms in total. The molecule has 0 spiro atoms. The van der Waals surface area contributed by atoms with Crippen molar-refractivity contribution in [3.8, 4) is 5.75 Å². The zero-order valence-corrected chi connectivity index (χ0v) is 12.6. The fourth-order valence-electron chi connectivity index (χ4n) is 3.27. The lowest BCUT2D eigenvalue weighted by atomic mass is 9.68. The molecule has 1 fully saturated rings. The maximum atomic E-state index is 14.0. The second kappa shape index (κ2) is 6.00. The van der Waals surface area contributed by atoms with Gasteiger partial charge in [-0.25, -0.2) is 4.39 Å². The monoisotopic (exact) mass is 280 g/mol. The number of hydrogen-bond donors (Lipinski definition) is 2. The number of rotatable bonds is 4. The number of benzene rings is 1. The molecular formula is C16H25FN2O. The van der Waals surface area contributed by atoms with Gasteiger partial charge in [-0.15, -0.1) is 0 Å². The molecule has 3 N–H and O–H groups in total. The molecule has 112 valence electrons. The molecular weight excluding hydrogens is 255 g/mol. The molecule has 20 heavy (non-hydrogen) atoms. The molecule has 1 aliphatic carbocycles. The standard InChI is InChI=1S/C16H25FN2O/c1-11-5-4-8-16(10-18,12(11)2)19-15-9-13(20-3)6-7-14(15)17/h6-7,9,11-12,19H,4-5,8,10,18H2,1-3H3. The van der Waals surface area contributed by atoms with E-state index in [0.717, 1.165) is 12.8 Å². The van der Waals surface area contributed by atoms with Gasteiger partial charge in [0.1, 0.15) is 11.6 Å². The van der Waals surface area contributed by atoms with Gasteiger partial charge in [0.2, 0.25) is 0 Å². The van der Waals surface area contributed by atoms with E-state index in [-0.39, 0.29) is 11.4 Å². The Bertz CT molecular complexity index is 466. The van der Waals surface area contributed by atoms with Gasteiger partial charge in [-0.1, -0.05) is 26.7 Å². The molecule has 1 saturated carbocycles. The normalized spacial score (nSPS) is 30.1. The van der Waals surface area contributed by atoms with Crippen LogP contribution in [0, 0.1) is 17.7 Å². The van der Waals surface area contributed by atoms with Crippen molar-refractivity contribution < 1.29 is 9.13 Å². The molecule has 0 amide bonds. The van der Waals surface area contributed by atoms with Crippen LogP contribution >= 0.6 is 0 Å². The van der Waals surface area contributed by atoms with E-state index >= 15 is 0 Å². The minimum atomic E-state index is -0.260. The summed E-state index contributed by atoms with van der Waals surface area (Å²) < 4.78 is 19.2. The van der Waals surface area contributed by atoms with E-state index in [0.29, 0.717) is 29.8 Å². The Hall–Kier alpha value is -1.29. The van der Waals surface area contributed by atoms with Crippen LogP contribution in [0.2, 0.25) is 0 Å². The van der Waals surface area contributed by atoms with Crippen LogP contribution in [-0.2, 0) is 0 Å². The van der Waals surface area contributed by atoms with Crippen molar-refractivity contribution in [1.29, 1.82) is 0 Å². The average Bonchev–Trinajstić information content (AvgIpc) is 2.46. The van der Waals surface area contributed by atoms with E-state index in [1.807, 2.05) is 0 Å². The third-order valence-corrected chi connectivity index (χ3v) is 4.93. The Kier molecular flexibility index (Phi) is 4.53. The van der Waals surface area contributed by atoms with Crippen LogP contribution in [0.5, 0.6) is 5.75 Å². The highest BCUT2D eigenvalue weighted by Crippen LogP contribution is 2.40. The van der Waals surface area contributed by atoms with Gasteiger partial charge >= 0.3 is 0 Å². The van der Waals surface area contributed by atoms with Crippen molar-refractivity contribution in [1.82, 2.24) is 0 Å². The minimum Gasteiger partial charge on any atom is -0.497 e. The SMILES string of the molecule is COc1ccc(F)c(NC2(CN)CCCC(C)C2C)c1. The van der Waals surface area contributed by atoms with Gasteiger partial charge in [-0.3, -0.25) is 0 Å². The number of nitrogens with two attached hydrogens (primary N) is 1. The first kappa shape index (κ1) is 15.1. The van der Waals surface area contributed by atoms with Gasteiger partial charge in [0.05, 0.1) is 18.3 Å². The zero-order chi connectivity index (χ0) is 14.8. The van der Waals surface area contributed by atoms with Gasteiger partial charge in [0, 0.05) is 12.6 Å². The van der Waals surface area contributed by atoms with Crippen molar-refractivity contribution in [3.05, 3.63) is 24.0 Å². The van der Waals surface area contributed by atoms with Crippen LogP contribution in [0.15, 0.2) is 18.2 Å². The van der Waals surface area contributed by atoms with E-state index in [4.69, 9.17) is 10.5 Å². The largest absolute Gasteiger partial charge is 0.497 e. The summed E-state index contributed by atoms with van der Waals surface area (Å²) in [6.07, 6.45) is 3.32. The van der Waals surface area contributed by atoms with E-state index < -0.39 is 0 Å². The summed E-state index contributed by atoms with van der Waals surface area (Å²) in [5.74, 6) is 1.39. The molecule has 0 aromatic heterocycles. The lowest BCUT2D eigenvalue weighted by molar-refractivity contribution is 0.168. The molecule has 3 atom stereocenters. The van der Waals surface area contributed by atoms with E-state index in [9.17, 15) is 4.39 Å². The summed E-state index contributed by atoms with van der Waals surface area (Å²) >= 11 is 0. The summed E-state index contributed by atoms with van der Waals surface area (Å²) in [7, 11) is 1.58. The molecule has 1 aliphatic rings. The highest BCUT2D eigenvalue weighted by molar-refractivity contribution is 5.52. The Labute approximate surface area is 120 Å². The van der Waals surface area contributed by atoms with Crippen molar-refractivity contribution in [2.75, 3.05) is 19.0 Å². The Morgan fingerprint density at radius 1 is 1.45 bits per heavy atom. The molecule has 0 aliphatic heterocycles. The summed E-state index contributed by atoms with van der Waals surface area (Å²) in [6, 6.07) is 4.77. The quantitative estimate of drug-likeness (QED) is 0.888. The van der Waals surface area contributed by atoms with E-state index in [1.54, 1.807) is 19.2 Å². The summed E-state index contributed by atoms with van der Waals surface area (Å²) in [5.41, 5.74) is 6.29. The number of anilines is 1. The van der Waals surface area contributed by atoms with Crippen LogP contribution in [0.4, 0.5) is 10.1 Å². The van der Waals surface area contributed by atoms with Crippen LogP contribution in [-0.4, -0.2) is 19.2 Å². The Morgan fingerprint density at radius 2 is 2.20 bits per heavy atom. The molecule has 3 unspecified atom stereocenters. The molecule has 0 saturated heterocycles. The first-order chi connectivity index (χ1) is 9.52. The van der Waals surface area contributed by atoms with Crippen molar-refractivity contribution in [2.24, 2.45) is 17.6 Å². The fraction of sp³-hybridized carbons (Fsp3) is 0.625. The number of ether oxygens (including phenoxy) is 1. The molecule has 0 bridgehead atoms. The molecule has 0 radical (unpaired) electrons. The van der Waals surface area contributed by atoms with Crippen LogP contribution < -0.4 is 15.8 Å². The van der Waals surface area contributed by atoms with Gasteiger partial charge in [-0.2, -0.15) is 0 Å². The van der Waals surface area contributed by atoms with Gasteiger partial charge < -0.3 is 15.8 Å². The van der Waals surface area contributed by atoms with Crippen LogP contribution in [0.25, 0.3) is 0 Å². The Morgan fingerprint density at radius 3 is 2.85 bits per heavy atom. The second-order valence-corrected chi connectivity index (χ2v) is 5.99. The van der Waals surface area contributed by atoms with Crippen molar-refractivity contribution in [3.63, 3.8) is 0 Å². The third-order valence-electron chi connectivity index (χ3n) is 4.93. The second-order valence-electron chi connectivity index (χ2n) is 5.99. The lowest BCUT2D eigenvalue weighted by Crippen LogP contribution is -2.54. The fourth-order valence-corrected chi connectivity index (χ4v) is 3.27. The molecule has 4 heteroatoms. The minimum absolute atomic E-state index is 0.231. The number of methoxy groups -OCH3 is 1. The molecule has 0 heterocycles. The maximum Gasteiger partial charge on any atom is 0.146 e. The topological polar surface area (TPSA) is 47.3 Å². The predicted molar refractivity (Wildman–Crippen MR) is 80.5 cm³/mol. The summed E-state index contributed by atoms with van der Waals surface area (Å²) in [5, 5.41) is 3.39. The number of nitrogens with one attached hydrogen (secondary N) is 1. The zero-order valence-electron chi connectivity index (χ0n) is 12.6. The van der Waals surface area contributed by atoms with Crippen LogP contribution in [0.3, 0.4) is 0 Å². The van der Waals surface area contributed by atoms with Gasteiger partial charge in [-0.05, 0) is 30.4 Å². The summed E-state index contributed by atoms with van der Waals surface area (Å²) in [4.78, 5) is 0. The van der Waals surface area contributed by atoms with Crippen molar-refractivity contribution in [2.45, 2.75) is 38.6 Å². The Balaban J connectivity index is 2.29. The third kappa shape index (κ3) is 2.75. The van der Waals surface area contributed by atoms with Crippen molar-refractivity contribution >= 4 is 5.69 Å². The molecule has 2 rings (SSSR count). The molecule has 1 aromatic carbocycles. The first-order valence-corrected chi connectivity index (χ1v) is 7.34. The predicted octanol–water partition coefficient (Wildman–Crippen LogP) is 3.40. The molecule has 1 aromatic rings.